The van der Waals surface area contributed by atoms with Gasteiger partial charge in [-0.3, -0.25) is 9.78 Å². The van der Waals surface area contributed by atoms with Crippen LogP contribution in [0.15, 0.2) is 60.2 Å². The van der Waals surface area contributed by atoms with Crippen LogP contribution in [0.25, 0.3) is 21.1 Å². The fraction of sp³-hybridized carbons (Fsp3) is 0.0526. The van der Waals surface area contributed by atoms with Crippen LogP contribution in [0.1, 0.15) is 10.4 Å². The largest absolute Gasteiger partial charge is 0.452 e. The van der Waals surface area contributed by atoms with Gasteiger partial charge in [0.05, 0.1) is 32.5 Å². The van der Waals surface area contributed by atoms with Crippen molar-refractivity contribution in [1.82, 2.24) is 9.97 Å². The van der Waals surface area contributed by atoms with Crippen molar-refractivity contribution in [1.29, 1.82) is 0 Å². The molecule has 0 atom stereocenters. The molecule has 0 saturated carbocycles. The highest BCUT2D eigenvalue weighted by atomic mass is 32.1. The molecule has 26 heavy (non-hydrogen) atoms. The molecule has 0 aliphatic carbocycles. The number of carbonyl (C=O) groups is 2. The second-order valence-corrected chi connectivity index (χ2v) is 6.42. The van der Waals surface area contributed by atoms with E-state index in [1.807, 2.05) is 12.1 Å². The van der Waals surface area contributed by atoms with E-state index < -0.39 is 11.9 Å². The fourth-order valence-corrected chi connectivity index (χ4v) is 3.31. The molecule has 0 saturated heterocycles. The molecule has 0 spiro atoms. The molecule has 1 amide bonds. The van der Waals surface area contributed by atoms with Crippen LogP contribution in [0.3, 0.4) is 0 Å². The molecule has 4 aromatic rings. The van der Waals surface area contributed by atoms with Gasteiger partial charge < -0.3 is 10.1 Å². The van der Waals surface area contributed by atoms with E-state index >= 15 is 0 Å². The van der Waals surface area contributed by atoms with Crippen LogP contribution >= 0.6 is 11.3 Å². The van der Waals surface area contributed by atoms with Crippen LogP contribution in [0.2, 0.25) is 0 Å². The maximum atomic E-state index is 12.2. The molecule has 0 radical (unpaired) electrons. The summed E-state index contributed by atoms with van der Waals surface area (Å²) in [6, 6.07) is 14.2. The maximum Gasteiger partial charge on any atom is 0.338 e. The lowest BCUT2D eigenvalue weighted by molar-refractivity contribution is -0.119. The number of hydrogen-bond donors (Lipinski definition) is 1. The van der Waals surface area contributed by atoms with Gasteiger partial charge in [0.15, 0.2) is 6.61 Å². The van der Waals surface area contributed by atoms with E-state index in [1.54, 1.807) is 48.1 Å². The van der Waals surface area contributed by atoms with Crippen molar-refractivity contribution in [2.75, 3.05) is 11.9 Å². The zero-order chi connectivity index (χ0) is 17.9. The third kappa shape index (κ3) is 3.25. The lowest BCUT2D eigenvalue weighted by Crippen LogP contribution is -2.21. The lowest BCUT2D eigenvalue weighted by Gasteiger charge is -2.09. The van der Waals surface area contributed by atoms with Gasteiger partial charge in [-0.25, -0.2) is 9.78 Å². The summed E-state index contributed by atoms with van der Waals surface area (Å²) >= 11 is 1.44. The topological polar surface area (TPSA) is 81.2 Å². The van der Waals surface area contributed by atoms with Crippen LogP contribution in [0.5, 0.6) is 0 Å². The van der Waals surface area contributed by atoms with Crippen LogP contribution in [-0.4, -0.2) is 28.5 Å². The summed E-state index contributed by atoms with van der Waals surface area (Å²) in [4.78, 5) is 32.7. The number of anilines is 1. The monoisotopic (exact) mass is 363 g/mol. The summed E-state index contributed by atoms with van der Waals surface area (Å²) in [6.45, 7) is -0.365. The minimum atomic E-state index is -0.546. The van der Waals surface area contributed by atoms with E-state index in [9.17, 15) is 9.59 Å². The van der Waals surface area contributed by atoms with Gasteiger partial charge in [-0.2, -0.15) is 0 Å². The summed E-state index contributed by atoms with van der Waals surface area (Å²) in [5.41, 5.74) is 4.34. The fourth-order valence-electron chi connectivity index (χ4n) is 2.60. The van der Waals surface area contributed by atoms with E-state index in [0.717, 1.165) is 21.1 Å². The zero-order valence-electron chi connectivity index (χ0n) is 13.5. The number of benzene rings is 2. The Morgan fingerprint density at radius 1 is 1.04 bits per heavy atom. The summed E-state index contributed by atoms with van der Waals surface area (Å²) in [5.74, 6) is -0.955. The molecule has 2 aromatic carbocycles. The Morgan fingerprint density at radius 3 is 2.88 bits per heavy atom. The Balaban J connectivity index is 1.42. The van der Waals surface area contributed by atoms with Crippen molar-refractivity contribution in [3.63, 3.8) is 0 Å². The number of nitrogens with one attached hydrogen (secondary N) is 1. The van der Waals surface area contributed by atoms with E-state index in [1.165, 1.54) is 11.3 Å². The molecular formula is C19H13N3O3S. The van der Waals surface area contributed by atoms with Gasteiger partial charge in [-0.15, -0.1) is 11.3 Å². The average Bonchev–Trinajstić information content (AvgIpc) is 3.14. The average molecular weight is 363 g/mol. The molecule has 0 fully saturated rings. The molecule has 0 aliphatic rings. The van der Waals surface area contributed by atoms with Gasteiger partial charge in [0.1, 0.15) is 0 Å². The number of carbonyl (C=O) groups excluding carboxylic acids is 2. The van der Waals surface area contributed by atoms with Crippen molar-refractivity contribution in [2.45, 2.75) is 0 Å². The number of rotatable bonds is 4. The van der Waals surface area contributed by atoms with Gasteiger partial charge in [-0.05, 0) is 42.5 Å². The molecule has 4 rings (SSSR count). The highest BCUT2D eigenvalue weighted by molar-refractivity contribution is 7.16. The van der Waals surface area contributed by atoms with Crippen LogP contribution in [0, 0.1) is 0 Å². The minimum absolute atomic E-state index is 0.365. The number of nitrogens with zero attached hydrogens (tertiary/aromatic N) is 2. The molecular weight excluding hydrogens is 350 g/mol. The Labute approximate surface area is 152 Å². The number of pyridine rings is 1. The Bertz CT molecular complexity index is 1120. The number of amides is 1. The van der Waals surface area contributed by atoms with E-state index in [-0.39, 0.29) is 6.61 Å². The summed E-state index contributed by atoms with van der Waals surface area (Å²) < 4.78 is 6.01. The second kappa shape index (κ2) is 6.89. The number of aromatic nitrogens is 2. The first kappa shape index (κ1) is 16.2. The number of ether oxygens (including phenoxy) is 1. The smallest absolute Gasteiger partial charge is 0.338 e. The van der Waals surface area contributed by atoms with Crippen LogP contribution in [0.4, 0.5) is 5.69 Å². The molecule has 6 nitrogen and oxygen atoms in total. The van der Waals surface area contributed by atoms with Crippen molar-refractivity contribution in [2.24, 2.45) is 0 Å². The molecule has 7 heteroatoms. The number of esters is 1. The van der Waals surface area contributed by atoms with Gasteiger partial charge in [0, 0.05) is 11.6 Å². The third-order valence-corrected chi connectivity index (χ3v) is 4.61. The van der Waals surface area contributed by atoms with Crippen molar-refractivity contribution >= 4 is 50.0 Å². The molecule has 128 valence electrons. The van der Waals surface area contributed by atoms with Crippen LogP contribution < -0.4 is 5.32 Å². The summed E-state index contributed by atoms with van der Waals surface area (Å²) in [6.07, 6.45) is 1.69. The molecule has 0 unspecified atom stereocenters. The van der Waals surface area contributed by atoms with Crippen molar-refractivity contribution in [3.8, 4) is 0 Å². The lowest BCUT2D eigenvalue weighted by atomic mass is 10.2. The Morgan fingerprint density at radius 2 is 1.96 bits per heavy atom. The first-order valence-corrected chi connectivity index (χ1v) is 8.73. The van der Waals surface area contributed by atoms with Gasteiger partial charge in [0.25, 0.3) is 5.91 Å². The third-order valence-electron chi connectivity index (χ3n) is 3.82. The van der Waals surface area contributed by atoms with Crippen molar-refractivity contribution in [3.05, 3.63) is 65.8 Å². The number of thiazole rings is 1. The quantitative estimate of drug-likeness (QED) is 0.560. The van der Waals surface area contributed by atoms with Gasteiger partial charge >= 0.3 is 5.97 Å². The van der Waals surface area contributed by atoms with E-state index in [4.69, 9.17) is 4.74 Å². The van der Waals surface area contributed by atoms with E-state index in [2.05, 4.69) is 15.3 Å². The SMILES string of the molecule is O=C(COC(=O)c1ccc2ncsc2c1)Nc1cccc2ncccc12. The van der Waals surface area contributed by atoms with Gasteiger partial charge in [-0.1, -0.05) is 6.07 Å². The predicted molar refractivity (Wildman–Crippen MR) is 100 cm³/mol. The molecule has 0 bridgehead atoms. The first-order valence-electron chi connectivity index (χ1n) is 7.85. The van der Waals surface area contributed by atoms with E-state index in [0.29, 0.717) is 11.3 Å². The molecule has 2 aromatic heterocycles. The summed E-state index contributed by atoms with van der Waals surface area (Å²) in [5, 5.41) is 3.58. The highest BCUT2D eigenvalue weighted by Crippen LogP contribution is 2.21. The zero-order valence-corrected chi connectivity index (χ0v) is 14.3. The molecule has 0 aliphatic heterocycles. The Hall–Kier alpha value is -3.32. The molecule has 1 N–H and O–H groups in total. The minimum Gasteiger partial charge on any atom is -0.452 e. The highest BCUT2D eigenvalue weighted by Gasteiger charge is 2.12. The molecule has 2 heterocycles. The van der Waals surface area contributed by atoms with Crippen molar-refractivity contribution < 1.29 is 14.3 Å². The number of fused-ring (bicyclic) bond motifs is 2. The van der Waals surface area contributed by atoms with Crippen LogP contribution in [-0.2, 0) is 9.53 Å². The summed E-state index contributed by atoms with van der Waals surface area (Å²) in [7, 11) is 0. The standard InChI is InChI=1S/C19H13N3O3S/c23-18(22-15-5-1-4-14-13(15)3-2-8-20-14)10-25-19(24)12-6-7-16-17(9-12)26-11-21-16/h1-9,11H,10H2,(H,22,23). The normalized spacial score (nSPS) is 10.8. The van der Waals surface area contributed by atoms with Gasteiger partial charge in [0.2, 0.25) is 0 Å². The Kier molecular flexibility index (Phi) is 4.28. The predicted octanol–water partition coefficient (Wildman–Crippen LogP) is 3.64. The first-order chi connectivity index (χ1) is 12.7. The maximum absolute atomic E-state index is 12.2. The number of hydrogen-bond acceptors (Lipinski definition) is 6. The second-order valence-electron chi connectivity index (χ2n) is 5.53.